The lowest BCUT2D eigenvalue weighted by Gasteiger charge is -2.22. The number of hydrogen-bond donors (Lipinski definition) is 2. The van der Waals surface area contributed by atoms with Crippen molar-refractivity contribution >= 4 is 17.4 Å². The van der Waals surface area contributed by atoms with E-state index in [-0.39, 0.29) is 0 Å². The molecular weight excluding hydrogens is 400 g/mol. The lowest BCUT2D eigenvalue weighted by molar-refractivity contribution is 0.343. The Morgan fingerprint density at radius 2 is 1.80 bits per heavy atom. The van der Waals surface area contributed by atoms with Gasteiger partial charge >= 0.3 is 0 Å². The molecule has 1 aliphatic heterocycles. The number of hydrogen-bond acceptors (Lipinski definition) is 6. The predicted octanol–water partition coefficient (Wildman–Crippen LogP) is 4.43. The highest BCUT2D eigenvalue weighted by Crippen LogP contribution is 2.32. The lowest BCUT2D eigenvalue weighted by Crippen LogP contribution is -2.29. The summed E-state index contributed by atoms with van der Waals surface area (Å²) < 4.78 is 8.02. The molecule has 3 aromatic heterocycles. The van der Waals surface area contributed by atoms with Gasteiger partial charge in [0.05, 0.1) is 24.0 Å². The molecule has 1 aromatic carbocycles. The Kier molecular flexibility index (Phi) is 4.98. The van der Waals surface area contributed by atoms with E-state index in [0.717, 1.165) is 42.6 Å². The molecule has 0 aliphatic carbocycles. The molecule has 4 aromatic rings. The number of oxazole rings is 1. The summed E-state index contributed by atoms with van der Waals surface area (Å²) in [6, 6.07) is 9.78. The first-order chi connectivity index (χ1) is 14.7. The standard InChI is InChI=1S/C22H21ClN6O/c23-17-3-1-14(2-4-17)20-12-27-22(30-20)19-9-15(10-26-21(19)24)16-11-28-29(13-16)18-5-7-25-8-6-18/h1-4,9-13,18,25H,5-8H2,(H2,24,26). The van der Waals surface area contributed by atoms with Gasteiger partial charge in [-0.2, -0.15) is 5.10 Å². The highest BCUT2D eigenvalue weighted by molar-refractivity contribution is 6.30. The quantitative estimate of drug-likeness (QED) is 0.507. The smallest absolute Gasteiger partial charge is 0.230 e. The van der Waals surface area contributed by atoms with Crippen LogP contribution in [0, 0.1) is 0 Å². The molecule has 3 N–H and O–H groups in total. The number of aromatic nitrogens is 4. The molecule has 8 heteroatoms. The summed E-state index contributed by atoms with van der Waals surface area (Å²) in [5, 5.41) is 8.63. The largest absolute Gasteiger partial charge is 0.436 e. The number of nitrogens with two attached hydrogens (primary N) is 1. The Balaban J connectivity index is 1.44. The lowest BCUT2D eigenvalue weighted by atomic mass is 10.1. The van der Waals surface area contributed by atoms with Gasteiger partial charge in [-0.25, -0.2) is 9.97 Å². The fourth-order valence-electron chi connectivity index (χ4n) is 3.71. The van der Waals surface area contributed by atoms with E-state index in [2.05, 4.69) is 31.3 Å². The molecule has 4 heterocycles. The minimum atomic E-state index is 0.369. The Morgan fingerprint density at radius 1 is 1.00 bits per heavy atom. The minimum Gasteiger partial charge on any atom is -0.436 e. The van der Waals surface area contributed by atoms with E-state index >= 15 is 0 Å². The molecule has 0 spiro atoms. The van der Waals surface area contributed by atoms with Crippen LogP contribution >= 0.6 is 11.6 Å². The van der Waals surface area contributed by atoms with Gasteiger partial charge in [0.25, 0.3) is 0 Å². The Bertz CT molecular complexity index is 1160. The Hall–Kier alpha value is -3.16. The van der Waals surface area contributed by atoms with Crippen LogP contribution in [0.25, 0.3) is 33.9 Å². The molecule has 0 radical (unpaired) electrons. The summed E-state index contributed by atoms with van der Waals surface area (Å²) >= 11 is 5.97. The van der Waals surface area contributed by atoms with Gasteiger partial charge in [-0.1, -0.05) is 11.6 Å². The highest BCUT2D eigenvalue weighted by atomic mass is 35.5. The summed E-state index contributed by atoms with van der Waals surface area (Å²) in [4.78, 5) is 8.77. The first-order valence-corrected chi connectivity index (χ1v) is 10.3. The van der Waals surface area contributed by atoms with Crippen LogP contribution in [0.2, 0.25) is 5.02 Å². The van der Waals surface area contributed by atoms with E-state index in [0.29, 0.717) is 34.1 Å². The van der Waals surface area contributed by atoms with E-state index in [9.17, 15) is 0 Å². The Labute approximate surface area is 178 Å². The zero-order chi connectivity index (χ0) is 20.5. The van der Waals surface area contributed by atoms with E-state index in [1.807, 2.05) is 36.5 Å². The monoisotopic (exact) mass is 420 g/mol. The predicted molar refractivity (Wildman–Crippen MR) is 117 cm³/mol. The average Bonchev–Trinajstić information content (AvgIpc) is 3.46. The van der Waals surface area contributed by atoms with Crippen LogP contribution in [0.3, 0.4) is 0 Å². The SMILES string of the molecule is Nc1ncc(-c2cnn(C3CCNCC3)c2)cc1-c1ncc(-c2ccc(Cl)cc2)o1. The molecule has 1 fully saturated rings. The van der Waals surface area contributed by atoms with Crippen molar-refractivity contribution in [1.82, 2.24) is 25.1 Å². The third kappa shape index (κ3) is 3.69. The number of nitrogen functional groups attached to an aromatic ring is 1. The van der Waals surface area contributed by atoms with Gasteiger partial charge in [0, 0.05) is 34.1 Å². The normalized spacial score (nSPS) is 14.8. The molecule has 0 amide bonds. The average molecular weight is 421 g/mol. The zero-order valence-corrected chi connectivity index (χ0v) is 17.0. The molecule has 0 atom stereocenters. The van der Waals surface area contributed by atoms with Crippen LogP contribution < -0.4 is 11.1 Å². The van der Waals surface area contributed by atoms with Gasteiger partial charge in [-0.15, -0.1) is 0 Å². The van der Waals surface area contributed by atoms with Crippen molar-refractivity contribution in [1.29, 1.82) is 0 Å². The topological polar surface area (TPSA) is 94.8 Å². The molecule has 0 bridgehead atoms. The van der Waals surface area contributed by atoms with Gasteiger partial charge in [0.15, 0.2) is 5.76 Å². The molecule has 0 saturated carbocycles. The van der Waals surface area contributed by atoms with Crippen LogP contribution in [-0.2, 0) is 0 Å². The highest BCUT2D eigenvalue weighted by Gasteiger charge is 2.18. The van der Waals surface area contributed by atoms with Crippen molar-refractivity contribution in [3.8, 4) is 33.9 Å². The van der Waals surface area contributed by atoms with E-state index in [4.69, 9.17) is 21.8 Å². The second-order valence-corrected chi connectivity index (χ2v) is 7.82. The van der Waals surface area contributed by atoms with Gasteiger partial charge in [0.2, 0.25) is 5.89 Å². The maximum absolute atomic E-state index is 6.13. The third-order valence-corrected chi connectivity index (χ3v) is 5.65. The molecule has 0 unspecified atom stereocenters. The summed E-state index contributed by atoms with van der Waals surface area (Å²) in [7, 11) is 0. The molecule has 152 valence electrons. The van der Waals surface area contributed by atoms with Gasteiger partial charge in [-0.05, 0) is 56.3 Å². The Morgan fingerprint density at radius 3 is 2.60 bits per heavy atom. The minimum absolute atomic E-state index is 0.369. The number of nitrogens with zero attached hydrogens (tertiary/aromatic N) is 4. The summed E-state index contributed by atoms with van der Waals surface area (Å²) in [5.41, 5.74) is 9.59. The van der Waals surface area contributed by atoms with Crippen molar-refractivity contribution < 1.29 is 4.42 Å². The van der Waals surface area contributed by atoms with Crippen molar-refractivity contribution in [2.45, 2.75) is 18.9 Å². The first kappa shape index (κ1) is 18.8. The van der Waals surface area contributed by atoms with Crippen molar-refractivity contribution in [3.63, 3.8) is 0 Å². The molecule has 5 rings (SSSR count). The number of rotatable bonds is 4. The zero-order valence-electron chi connectivity index (χ0n) is 16.3. The van der Waals surface area contributed by atoms with E-state index in [1.54, 1.807) is 12.4 Å². The van der Waals surface area contributed by atoms with Gasteiger partial charge < -0.3 is 15.5 Å². The summed E-state index contributed by atoms with van der Waals surface area (Å²) in [6.07, 6.45) is 9.53. The first-order valence-electron chi connectivity index (χ1n) is 9.90. The fourth-order valence-corrected chi connectivity index (χ4v) is 3.83. The molecule has 1 aliphatic rings. The van der Waals surface area contributed by atoms with Crippen molar-refractivity contribution in [2.24, 2.45) is 0 Å². The van der Waals surface area contributed by atoms with E-state index < -0.39 is 0 Å². The van der Waals surface area contributed by atoms with Crippen LogP contribution in [-0.4, -0.2) is 32.8 Å². The number of anilines is 1. The van der Waals surface area contributed by atoms with Gasteiger partial charge in [-0.3, -0.25) is 4.68 Å². The summed E-state index contributed by atoms with van der Waals surface area (Å²) in [6.45, 7) is 2.04. The molecular formula is C22H21ClN6O. The number of halogens is 1. The maximum atomic E-state index is 6.13. The second-order valence-electron chi connectivity index (χ2n) is 7.38. The number of benzene rings is 1. The second kappa shape index (κ2) is 7.93. The number of nitrogens with one attached hydrogen (secondary N) is 1. The van der Waals surface area contributed by atoms with Crippen molar-refractivity contribution in [2.75, 3.05) is 18.8 Å². The molecule has 1 saturated heterocycles. The molecule has 7 nitrogen and oxygen atoms in total. The van der Waals surface area contributed by atoms with Gasteiger partial charge in [0.1, 0.15) is 5.82 Å². The van der Waals surface area contributed by atoms with Crippen LogP contribution in [0.1, 0.15) is 18.9 Å². The third-order valence-electron chi connectivity index (χ3n) is 5.40. The van der Waals surface area contributed by atoms with Crippen LogP contribution in [0.5, 0.6) is 0 Å². The van der Waals surface area contributed by atoms with Crippen LogP contribution in [0.15, 0.2) is 59.5 Å². The number of piperidine rings is 1. The molecule has 30 heavy (non-hydrogen) atoms. The van der Waals surface area contributed by atoms with Crippen LogP contribution in [0.4, 0.5) is 5.82 Å². The maximum Gasteiger partial charge on any atom is 0.230 e. The fraction of sp³-hybridized carbons (Fsp3) is 0.227. The van der Waals surface area contributed by atoms with Crippen molar-refractivity contribution in [3.05, 3.63) is 60.1 Å². The van der Waals surface area contributed by atoms with E-state index in [1.165, 1.54) is 0 Å². The number of pyridine rings is 1. The summed E-state index contributed by atoms with van der Waals surface area (Å²) in [5.74, 6) is 1.44.